The predicted molar refractivity (Wildman–Crippen MR) is 127 cm³/mol. The van der Waals surface area contributed by atoms with Gasteiger partial charge < -0.3 is 9.80 Å². The molecule has 1 heterocycles. The number of fused-ring (bicyclic) bond motifs is 1. The summed E-state index contributed by atoms with van der Waals surface area (Å²) in [4.78, 5) is 4.38. The third-order valence-corrected chi connectivity index (χ3v) is 6.72. The Morgan fingerprint density at radius 1 is 0.724 bits per heavy atom. The summed E-state index contributed by atoms with van der Waals surface area (Å²) in [6.45, 7) is 4.82. The van der Waals surface area contributed by atoms with Gasteiger partial charge in [0.05, 0.1) is 6.67 Å². The molecule has 0 saturated carbocycles. The highest BCUT2D eigenvalue weighted by atomic mass is 35.5. The van der Waals surface area contributed by atoms with Gasteiger partial charge in [0, 0.05) is 13.1 Å². The maximum absolute atomic E-state index is 6.55. The van der Waals surface area contributed by atoms with Crippen molar-refractivity contribution >= 4 is 34.0 Å². The van der Waals surface area contributed by atoms with E-state index in [-0.39, 0.29) is 0 Å². The van der Waals surface area contributed by atoms with Crippen LogP contribution in [0.4, 0.5) is 0 Å². The summed E-state index contributed by atoms with van der Waals surface area (Å²) >= 11 is 13.1. The second kappa shape index (κ2) is 11.7. The lowest BCUT2D eigenvalue weighted by Gasteiger charge is -2.22. The molecule has 0 bridgehead atoms. The van der Waals surface area contributed by atoms with Gasteiger partial charge in [-0.2, -0.15) is 0 Å². The van der Waals surface area contributed by atoms with Gasteiger partial charge in [0.25, 0.3) is 0 Å². The Morgan fingerprint density at radius 2 is 1.34 bits per heavy atom. The summed E-state index contributed by atoms with van der Waals surface area (Å²) in [6, 6.07) is 15.1. The van der Waals surface area contributed by atoms with E-state index >= 15 is 0 Å². The minimum absolute atomic E-state index is 0.677. The molecule has 1 aliphatic rings. The zero-order valence-electron chi connectivity index (χ0n) is 17.7. The highest BCUT2D eigenvalue weighted by Crippen LogP contribution is 2.31. The first-order valence-electron chi connectivity index (χ1n) is 11.2. The molecule has 4 heteroatoms. The number of rotatable bonds is 12. The first kappa shape index (κ1) is 22.3. The number of benzene rings is 2. The lowest BCUT2D eigenvalue weighted by Crippen LogP contribution is -2.27. The maximum atomic E-state index is 6.55. The van der Waals surface area contributed by atoms with Crippen LogP contribution >= 0.6 is 23.2 Å². The van der Waals surface area contributed by atoms with Crippen LogP contribution in [0.1, 0.15) is 70.3 Å². The first-order valence-corrected chi connectivity index (χ1v) is 12.0. The highest BCUT2D eigenvalue weighted by molar-refractivity contribution is 6.38. The van der Waals surface area contributed by atoms with Gasteiger partial charge in [-0.05, 0) is 28.8 Å². The van der Waals surface area contributed by atoms with Crippen molar-refractivity contribution in [1.82, 2.24) is 9.80 Å². The second-order valence-corrected chi connectivity index (χ2v) is 8.91. The number of hydrogen-bond acceptors (Lipinski definition) is 2. The van der Waals surface area contributed by atoms with E-state index in [0.29, 0.717) is 10.3 Å². The zero-order valence-corrected chi connectivity index (χ0v) is 19.2. The molecule has 2 aromatic carbocycles. The number of halogens is 2. The minimum atomic E-state index is 0.677. The van der Waals surface area contributed by atoms with Crippen LogP contribution < -0.4 is 0 Å². The van der Waals surface area contributed by atoms with Gasteiger partial charge in [0.2, 0.25) is 0 Å². The molecule has 0 spiro atoms. The van der Waals surface area contributed by atoms with Gasteiger partial charge in [-0.3, -0.25) is 0 Å². The Bertz CT molecular complexity index is 802. The van der Waals surface area contributed by atoms with Gasteiger partial charge in [-0.1, -0.05) is 118 Å². The van der Waals surface area contributed by atoms with Crippen LogP contribution in [0.15, 0.2) is 52.8 Å². The summed E-state index contributed by atoms with van der Waals surface area (Å²) in [5.74, 6) is 0. The molecule has 0 aromatic heterocycles. The average Bonchev–Trinajstić information content (AvgIpc) is 3.00. The summed E-state index contributed by atoms with van der Waals surface area (Å²) in [5.41, 5.74) is 1.26. The first-order chi connectivity index (χ1) is 14.2. The third-order valence-electron chi connectivity index (χ3n) is 5.79. The summed E-state index contributed by atoms with van der Waals surface area (Å²) < 4.78 is 0. The van der Waals surface area contributed by atoms with Gasteiger partial charge in [-0.15, -0.1) is 0 Å². The van der Waals surface area contributed by atoms with Gasteiger partial charge in [0.1, 0.15) is 10.3 Å². The van der Waals surface area contributed by atoms with E-state index in [1.165, 1.54) is 74.1 Å². The van der Waals surface area contributed by atoms with Crippen molar-refractivity contribution in [3.8, 4) is 0 Å². The van der Waals surface area contributed by atoms with E-state index in [1.807, 2.05) is 0 Å². The van der Waals surface area contributed by atoms with Crippen molar-refractivity contribution in [2.75, 3.05) is 13.2 Å². The van der Waals surface area contributed by atoms with Crippen molar-refractivity contribution in [1.29, 1.82) is 0 Å². The number of unbranched alkanes of at least 4 members (excludes halogenated alkanes) is 8. The molecular formula is C25H34Cl2N2. The molecule has 0 radical (unpaired) electrons. The molecule has 0 saturated heterocycles. The maximum Gasteiger partial charge on any atom is 0.142 e. The Labute approximate surface area is 186 Å². The van der Waals surface area contributed by atoms with Gasteiger partial charge in [-0.25, -0.2) is 0 Å². The fourth-order valence-corrected chi connectivity index (χ4v) is 4.54. The molecule has 0 N–H and O–H groups in total. The SMILES string of the molecule is CCCCCCCCCCCN1CN(Cc2ccc3ccccc3c2)C(Cl)=C1Cl. The Hall–Kier alpha value is -1.38. The van der Waals surface area contributed by atoms with Crippen LogP contribution in [0.2, 0.25) is 0 Å². The van der Waals surface area contributed by atoms with E-state index in [1.54, 1.807) is 0 Å². The largest absolute Gasteiger partial charge is 0.342 e. The molecule has 2 aromatic rings. The standard InChI is InChI=1S/C25H34Cl2N2/c1-2-3-4-5-6-7-8-9-12-17-28-20-29(25(27)24(28)26)19-21-15-16-22-13-10-11-14-23(22)18-21/h10-11,13-16,18H,2-9,12,17,19-20H2,1H3. The summed E-state index contributed by atoms with van der Waals surface area (Å²) in [7, 11) is 0. The topological polar surface area (TPSA) is 6.48 Å². The summed E-state index contributed by atoms with van der Waals surface area (Å²) in [5, 5.41) is 3.91. The molecule has 158 valence electrons. The molecule has 2 nitrogen and oxygen atoms in total. The van der Waals surface area contributed by atoms with Gasteiger partial charge in [0.15, 0.2) is 0 Å². The number of hydrogen-bond donors (Lipinski definition) is 0. The van der Waals surface area contributed by atoms with Crippen LogP contribution in [0.5, 0.6) is 0 Å². The molecule has 0 atom stereocenters. The van der Waals surface area contributed by atoms with E-state index in [0.717, 1.165) is 19.8 Å². The minimum Gasteiger partial charge on any atom is -0.342 e. The fraction of sp³-hybridized carbons (Fsp3) is 0.520. The number of nitrogens with zero attached hydrogens (tertiary/aromatic N) is 2. The molecule has 0 unspecified atom stereocenters. The van der Waals surface area contributed by atoms with Crippen molar-refractivity contribution < 1.29 is 0 Å². The average molecular weight is 433 g/mol. The van der Waals surface area contributed by atoms with E-state index < -0.39 is 0 Å². The fourth-order valence-electron chi connectivity index (χ4n) is 4.05. The second-order valence-electron chi connectivity index (χ2n) is 8.19. The Balaban J connectivity index is 1.40. The third kappa shape index (κ3) is 6.55. The summed E-state index contributed by atoms with van der Waals surface area (Å²) in [6.07, 6.45) is 12.0. The Morgan fingerprint density at radius 3 is 2.07 bits per heavy atom. The lowest BCUT2D eigenvalue weighted by atomic mass is 10.1. The molecule has 3 rings (SSSR count). The monoisotopic (exact) mass is 432 g/mol. The zero-order chi connectivity index (χ0) is 20.5. The molecular weight excluding hydrogens is 399 g/mol. The Kier molecular flexibility index (Phi) is 9.01. The van der Waals surface area contributed by atoms with Crippen molar-refractivity contribution in [3.05, 3.63) is 58.3 Å². The molecule has 0 fully saturated rings. The van der Waals surface area contributed by atoms with E-state index in [9.17, 15) is 0 Å². The lowest BCUT2D eigenvalue weighted by molar-refractivity contribution is 0.249. The van der Waals surface area contributed by atoms with Crippen LogP contribution in [0.25, 0.3) is 10.8 Å². The van der Waals surface area contributed by atoms with Gasteiger partial charge >= 0.3 is 0 Å². The molecule has 0 amide bonds. The van der Waals surface area contributed by atoms with E-state index in [2.05, 4.69) is 59.2 Å². The van der Waals surface area contributed by atoms with Crippen molar-refractivity contribution in [2.45, 2.75) is 71.3 Å². The quantitative estimate of drug-likeness (QED) is 0.247. The molecule has 0 aliphatic carbocycles. The predicted octanol–water partition coefficient (Wildman–Crippen LogP) is 8.05. The highest BCUT2D eigenvalue weighted by Gasteiger charge is 2.26. The van der Waals surface area contributed by atoms with Crippen molar-refractivity contribution in [3.63, 3.8) is 0 Å². The molecule has 29 heavy (non-hydrogen) atoms. The smallest absolute Gasteiger partial charge is 0.142 e. The van der Waals surface area contributed by atoms with Crippen molar-refractivity contribution in [2.24, 2.45) is 0 Å². The van der Waals surface area contributed by atoms with Crippen LogP contribution in [0, 0.1) is 0 Å². The molecule has 1 aliphatic heterocycles. The van der Waals surface area contributed by atoms with E-state index in [4.69, 9.17) is 23.2 Å². The van der Waals surface area contributed by atoms with Crippen LogP contribution in [-0.4, -0.2) is 23.0 Å². The van der Waals surface area contributed by atoms with Crippen LogP contribution in [-0.2, 0) is 6.54 Å². The normalized spacial score (nSPS) is 14.4. The van der Waals surface area contributed by atoms with Crippen LogP contribution in [0.3, 0.4) is 0 Å².